The Morgan fingerprint density at radius 2 is 1.71 bits per heavy atom. The van der Waals surface area contributed by atoms with Crippen LogP contribution in [0.4, 0.5) is 0 Å². The monoisotopic (exact) mass is 343 g/mol. The van der Waals surface area contributed by atoms with Gasteiger partial charge in [0.05, 0.1) is 0 Å². The molecule has 0 bridgehead atoms. The molecule has 6 nitrogen and oxygen atoms in total. The molecule has 0 aliphatic carbocycles. The molecule has 1 saturated heterocycles. The van der Waals surface area contributed by atoms with Gasteiger partial charge in [0, 0.05) is 59.8 Å². The summed E-state index contributed by atoms with van der Waals surface area (Å²) in [5, 5.41) is 6.62. The van der Waals surface area contributed by atoms with Crippen molar-refractivity contribution in [3.63, 3.8) is 0 Å². The standard InChI is InChI=1S/C18H37N3O3/c1-16(2)14-23-10-4-8-20-18(19-3)21-9-5-11-24-15-17-6-12-22-13-7-17/h16-17H,4-15H2,1-3H3,(H2,19,20,21). The number of guanidine groups is 1. The van der Waals surface area contributed by atoms with Crippen LogP contribution in [0.1, 0.15) is 39.5 Å². The van der Waals surface area contributed by atoms with Gasteiger partial charge in [0.2, 0.25) is 0 Å². The van der Waals surface area contributed by atoms with Crippen molar-refractivity contribution in [3.05, 3.63) is 0 Å². The molecule has 1 fully saturated rings. The van der Waals surface area contributed by atoms with Crippen molar-refractivity contribution >= 4 is 5.96 Å². The molecule has 0 unspecified atom stereocenters. The molecule has 0 amide bonds. The van der Waals surface area contributed by atoms with Crippen molar-refractivity contribution in [2.75, 3.05) is 59.8 Å². The summed E-state index contributed by atoms with van der Waals surface area (Å²) in [6.07, 6.45) is 4.24. The normalized spacial score (nSPS) is 16.6. The Balaban J connectivity index is 1.90. The van der Waals surface area contributed by atoms with E-state index in [1.807, 2.05) is 0 Å². The Morgan fingerprint density at radius 3 is 2.29 bits per heavy atom. The molecule has 1 rings (SSSR count). The van der Waals surface area contributed by atoms with Gasteiger partial charge in [-0.15, -0.1) is 0 Å². The Bertz CT molecular complexity index is 319. The number of rotatable bonds is 12. The first kappa shape index (κ1) is 21.2. The molecule has 6 heteroatoms. The topological polar surface area (TPSA) is 64.1 Å². The molecular weight excluding hydrogens is 306 g/mol. The fraction of sp³-hybridized carbons (Fsp3) is 0.944. The van der Waals surface area contributed by atoms with Crippen molar-refractivity contribution in [2.24, 2.45) is 16.8 Å². The molecule has 142 valence electrons. The average Bonchev–Trinajstić information content (AvgIpc) is 2.59. The highest BCUT2D eigenvalue weighted by atomic mass is 16.5. The quantitative estimate of drug-likeness (QED) is 0.323. The van der Waals surface area contributed by atoms with Gasteiger partial charge in [0.15, 0.2) is 5.96 Å². The SMILES string of the molecule is CN=C(NCCCOCC(C)C)NCCCOCC1CCOCC1. The predicted octanol–water partition coefficient (Wildman–Crippen LogP) is 2.05. The Labute approximate surface area is 147 Å². The lowest BCUT2D eigenvalue weighted by Crippen LogP contribution is -2.38. The van der Waals surface area contributed by atoms with Gasteiger partial charge >= 0.3 is 0 Å². The van der Waals surface area contributed by atoms with Crippen molar-refractivity contribution in [3.8, 4) is 0 Å². The molecule has 1 aliphatic heterocycles. The summed E-state index contributed by atoms with van der Waals surface area (Å²) in [5.74, 6) is 2.13. The third-order valence-electron chi connectivity index (χ3n) is 3.89. The van der Waals surface area contributed by atoms with Gasteiger partial charge in [0.1, 0.15) is 0 Å². The second kappa shape index (κ2) is 14.5. The lowest BCUT2D eigenvalue weighted by Gasteiger charge is -2.21. The van der Waals surface area contributed by atoms with Crippen LogP contribution in [0, 0.1) is 11.8 Å². The minimum absolute atomic E-state index is 0.598. The molecule has 0 aromatic carbocycles. The minimum atomic E-state index is 0.598. The van der Waals surface area contributed by atoms with Gasteiger partial charge in [-0.3, -0.25) is 4.99 Å². The van der Waals surface area contributed by atoms with E-state index in [1.165, 1.54) is 0 Å². The molecule has 0 aromatic rings. The van der Waals surface area contributed by atoms with Crippen LogP contribution in [0.2, 0.25) is 0 Å². The van der Waals surface area contributed by atoms with Gasteiger partial charge in [-0.2, -0.15) is 0 Å². The zero-order chi connectivity index (χ0) is 17.5. The zero-order valence-corrected chi connectivity index (χ0v) is 15.8. The largest absolute Gasteiger partial charge is 0.381 e. The minimum Gasteiger partial charge on any atom is -0.381 e. The average molecular weight is 344 g/mol. The zero-order valence-electron chi connectivity index (χ0n) is 15.8. The van der Waals surface area contributed by atoms with Crippen molar-refractivity contribution in [1.82, 2.24) is 10.6 Å². The van der Waals surface area contributed by atoms with E-state index in [0.717, 1.165) is 84.4 Å². The smallest absolute Gasteiger partial charge is 0.190 e. The molecule has 0 aromatic heterocycles. The van der Waals surface area contributed by atoms with Gasteiger partial charge in [-0.1, -0.05) is 13.8 Å². The van der Waals surface area contributed by atoms with Crippen LogP contribution >= 0.6 is 0 Å². The summed E-state index contributed by atoms with van der Waals surface area (Å²) in [6.45, 7) is 11.1. The van der Waals surface area contributed by atoms with Crippen LogP contribution in [0.25, 0.3) is 0 Å². The molecule has 2 N–H and O–H groups in total. The number of nitrogens with zero attached hydrogens (tertiary/aromatic N) is 1. The number of ether oxygens (including phenoxy) is 3. The van der Waals surface area contributed by atoms with E-state index >= 15 is 0 Å². The lowest BCUT2D eigenvalue weighted by molar-refractivity contribution is 0.0203. The van der Waals surface area contributed by atoms with Crippen LogP contribution in [0.3, 0.4) is 0 Å². The summed E-state index contributed by atoms with van der Waals surface area (Å²) in [5.41, 5.74) is 0. The lowest BCUT2D eigenvalue weighted by atomic mass is 10.0. The molecule has 0 spiro atoms. The third kappa shape index (κ3) is 11.6. The Kier molecular flexibility index (Phi) is 12.8. The van der Waals surface area contributed by atoms with Gasteiger partial charge < -0.3 is 24.8 Å². The summed E-state index contributed by atoms with van der Waals surface area (Å²) in [7, 11) is 1.80. The molecule has 0 radical (unpaired) electrons. The van der Waals surface area contributed by atoms with Crippen molar-refractivity contribution in [2.45, 2.75) is 39.5 Å². The fourth-order valence-electron chi connectivity index (χ4n) is 2.46. The fourth-order valence-corrected chi connectivity index (χ4v) is 2.46. The highest BCUT2D eigenvalue weighted by Crippen LogP contribution is 2.14. The van der Waals surface area contributed by atoms with Crippen molar-refractivity contribution < 1.29 is 14.2 Å². The summed E-state index contributed by atoms with van der Waals surface area (Å²) in [4.78, 5) is 4.22. The van der Waals surface area contributed by atoms with Crippen molar-refractivity contribution in [1.29, 1.82) is 0 Å². The van der Waals surface area contributed by atoms with Gasteiger partial charge in [0.25, 0.3) is 0 Å². The second-order valence-electron chi connectivity index (χ2n) is 6.73. The number of hydrogen-bond acceptors (Lipinski definition) is 4. The highest BCUT2D eigenvalue weighted by molar-refractivity contribution is 5.79. The third-order valence-corrected chi connectivity index (χ3v) is 3.89. The Hall–Kier alpha value is -0.850. The second-order valence-corrected chi connectivity index (χ2v) is 6.73. The van der Waals surface area contributed by atoms with Crippen LogP contribution in [0.5, 0.6) is 0 Å². The molecule has 0 atom stereocenters. The summed E-state index contributed by atoms with van der Waals surface area (Å²) in [6, 6.07) is 0. The number of aliphatic imine (C=N–C) groups is 1. The molecule has 24 heavy (non-hydrogen) atoms. The van der Waals surface area contributed by atoms with E-state index in [2.05, 4.69) is 29.5 Å². The van der Waals surface area contributed by atoms with E-state index in [9.17, 15) is 0 Å². The van der Waals surface area contributed by atoms with Crippen LogP contribution in [-0.2, 0) is 14.2 Å². The van der Waals surface area contributed by atoms with Gasteiger partial charge in [-0.05, 0) is 37.5 Å². The molecular formula is C18H37N3O3. The number of hydrogen-bond donors (Lipinski definition) is 2. The van der Waals surface area contributed by atoms with Crippen LogP contribution in [-0.4, -0.2) is 65.7 Å². The van der Waals surface area contributed by atoms with Crippen LogP contribution in [0.15, 0.2) is 4.99 Å². The maximum Gasteiger partial charge on any atom is 0.190 e. The first-order valence-corrected chi connectivity index (χ1v) is 9.40. The first-order valence-electron chi connectivity index (χ1n) is 9.40. The molecule has 1 aliphatic rings. The van der Waals surface area contributed by atoms with E-state index in [-0.39, 0.29) is 0 Å². The maximum absolute atomic E-state index is 5.76. The highest BCUT2D eigenvalue weighted by Gasteiger charge is 2.13. The van der Waals surface area contributed by atoms with Crippen LogP contribution < -0.4 is 10.6 Å². The summed E-state index contributed by atoms with van der Waals surface area (Å²) < 4.78 is 16.7. The number of nitrogens with one attached hydrogen (secondary N) is 2. The first-order chi connectivity index (χ1) is 11.7. The van der Waals surface area contributed by atoms with E-state index < -0.39 is 0 Å². The molecule has 0 saturated carbocycles. The predicted molar refractivity (Wildman–Crippen MR) is 98.6 cm³/mol. The summed E-state index contributed by atoms with van der Waals surface area (Å²) >= 11 is 0. The van der Waals surface area contributed by atoms with E-state index in [0.29, 0.717) is 11.8 Å². The van der Waals surface area contributed by atoms with Gasteiger partial charge in [-0.25, -0.2) is 0 Å². The van der Waals surface area contributed by atoms with E-state index in [1.54, 1.807) is 7.05 Å². The van der Waals surface area contributed by atoms with E-state index in [4.69, 9.17) is 14.2 Å². The Morgan fingerprint density at radius 1 is 1.08 bits per heavy atom. The maximum atomic E-state index is 5.76. The molecule has 1 heterocycles.